The minimum absolute atomic E-state index is 0.0483. The molecule has 2 aromatic rings. The van der Waals surface area contributed by atoms with Crippen molar-refractivity contribution >= 4 is 45.9 Å². The summed E-state index contributed by atoms with van der Waals surface area (Å²) in [4.78, 5) is 3.69. The minimum atomic E-state index is -0.0483. The van der Waals surface area contributed by atoms with Gasteiger partial charge in [0, 0.05) is 14.6 Å². The Morgan fingerprint density at radius 2 is 1.80 bits per heavy atom. The van der Waals surface area contributed by atoms with Crippen molar-refractivity contribution in [1.29, 1.82) is 0 Å². The van der Waals surface area contributed by atoms with Gasteiger partial charge in [0.1, 0.15) is 5.38 Å². The molecule has 2 rings (SSSR count). The Bertz CT molecular complexity index is 445. The van der Waals surface area contributed by atoms with Crippen LogP contribution in [0.15, 0.2) is 24.3 Å². The Morgan fingerprint density at radius 1 is 1.13 bits per heavy atom. The van der Waals surface area contributed by atoms with Gasteiger partial charge in [-0.1, -0.05) is 18.5 Å². The van der Waals surface area contributed by atoms with Crippen molar-refractivity contribution in [2.45, 2.75) is 18.7 Å². The molecule has 0 nitrogen and oxygen atoms in total. The maximum atomic E-state index is 6.38. The summed E-state index contributed by atoms with van der Waals surface area (Å²) in [6.45, 7) is 2.15. The Hall–Kier alpha value is -0.0200. The van der Waals surface area contributed by atoms with Gasteiger partial charge in [0.25, 0.3) is 0 Å². The van der Waals surface area contributed by atoms with Crippen molar-refractivity contribution in [3.8, 4) is 0 Å². The summed E-state index contributed by atoms with van der Waals surface area (Å²) in [5, 5.41) is -0.0483. The minimum Gasteiger partial charge on any atom is -0.143 e. The summed E-state index contributed by atoms with van der Waals surface area (Å²) >= 11 is 15.6. The fourth-order valence-corrected chi connectivity index (χ4v) is 3.82. The lowest BCUT2D eigenvalue weighted by molar-refractivity contribution is 1.19. The molecule has 0 N–H and O–H groups in total. The first-order chi connectivity index (χ1) is 7.20. The first-order valence-electron chi connectivity index (χ1n) is 4.68. The summed E-state index contributed by atoms with van der Waals surface area (Å²) in [6.07, 6.45) is 1.07. The molecule has 15 heavy (non-hydrogen) atoms. The number of thiophene rings is 2. The first-order valence-corrected chi connectivity index (χ1v) is 7.13. The summed E-state index contributed by atoms with van der Waals surface area (Å²) in [7, 11) is 0. The molecule has 0 bridgehead atoms. The van der Waals surface area contributed by atoms with Gasteiger partial charge in [0.15, 0.2) is 0 Å². The second-order valence-corrected chi connectivity index (χ2v) is 6.55. The highest BCUT2D eigenvalue weighted by Gasteiger charge is 2.14. The highest BCUT2D eigenvalue weighted by molar-refractivity contribution is 7.17. The molecule has 0 aliphatic heterocycles. The third-order valence-corrected chi connectivity index (χ3v) is 5.44. The molecule has 0 amide bonds. The van der Waals surface area contributed by atoms with Crippen molar-refractivity contribution in [2.75, 3.05) is 0 Å². The number of aryl methyl sites for hydroxylation is 1. The smallest absolute Gasteiger partial charge is 0.102 e. The van der Waals surface area contributed by atoms with Crippen molar-refractivity contribution in [2.24, 2.45) is 0 Å². The Labute approximate surface area is 107 Å². The maximum Gasteiger partial charge on any atom is 0.102 e. The van der Waals surface area contributed by atoms with E-state index in [0.29, 0.717) is 0 Å². The molecule has 0 aliphatic carbocycles. The van der Waals surface area contributed by atoms with Gasteiger partial charge < -0.3 is 0 Å². The highest BCUT2D eigenvalue weighted by atomic mass is 35.5. The van der Waals surface area contributed by atoms with E-state index in [-0.39, 0.29) is 5.38 Å². The predicted octanol–water partition coefficient (Wildman–Crippen LogP) is 5.35. The quantitative estimate of drug-likeness (QED) is 0.663. The van der Waals surface area contributed by atoms with Gasteiger partial charge in [-0.2, -0.15) is 0 Å². The van der Waals surface area contributed by atoms with E-state index in [1.54, 1.807) is 22.7 Å². The van der Waals surface area contributed by atoms with Crippen LogP contribution in [0.1, 0.15) is 26.9 Å². The lowest BCUT2D eigenvalue weighted by Crippen LogP contribution is -1.83. The SMILES string of the molecule is CCc1ccc(C(Cl)c2ccc(Cl)s2)s1. The van der Waals surface area contributed by atoms with E-state index in [4.69, 9.17) is 23.2 Å². The van der Waals surface area contributed by atoms with Crippen molar-refractivity contribution in [3.63, 3.8) is 0 Å². The number of hydrogen-bond acceptors (Lipinski definition) is 2. The second-order valence-electron chi connectivity index (χ2n) is 3.16. The Balaban J connectivity index is 2.23. The Kier molecular flexibility index (Phi) is 3.73. The third kappa shape index (κ3) is 2.56. The van der Waals surface area contributed by atoms with E-state index >= 15 is 0 Å². The van der Waals surface area contributed by atoms with Crippen LogP contribution in [0, 0.1) is 0 Å². The molecule has 2 heterocycles. The van der Waals surface area contributed by atoms with Crippen molar-refractivity contribution < 1.29 is 0 Å². The molecule has 1 atom stereocenters. The monoisotopic (exact) mass is 276 g/mol. The van der Waals surface area contributed by atoms with Crippen LogP contribution in [0.25, 0.3) is 0 Å². The molecular weight excluding hydrogens is 267 g/mol. The average Bonchev–Trinajstić information content (AvgIpc) is 2.84. The maximum absolute atomic E-state index is 6.38. The normalized spacial score (nSPS) is 13.0. The van der Waals surface area contributed by atoms with Gasteiger partial charge in [-0.25, -0.2) is 0 Å². The highest BCUT2D eigenvalue weighted by Crippen LogP contribution is 2.38. The average molecular weight is 277 g/mol. The summed E-state index contributed by atoms with van der Waals surface area (Å²) in [5.74, 6) is 0. The zero-order valence-corrected chi connectivity index (χ0v) is 11.3. The third-order valence-electron chi connectivity index (χ3n) is 2.12. The van der Waals surface area contributed by atoms with Crippen LogP contribution in [-0.2, 0) is 6.42 Å². The van der Waals surface area contributed by atoms with Gasteiger partial charge in [0.05, 0.1) is 4.34 Å². The predicted molar refractivity (Wildman–Crippen MR) is 70.7 cm³/mol. The molecule has 0 fully saturated rings. The van der Waals surface area contributed by atoms with E-state index in [9.17, 15) is 0 Å². The van der Waals surface area contributed by atoms with Gasteiger partial charge in [-0.05, 0) is 30.7 Å². The molecular formula is C11H10Cl2S2. The van der Waals surface area contributed by atoms with Crippen LogP contribution in [-0.4, -0.2) is 0 Å². The molecule has 0 spiro atoms. The number of alkyl halides is 1. The largest absolute Gasteiger partial charge is 0.143 e. The Morgan fingerprint density at radius 3 is 2.33 bits per heavy atom. The standard InChI is InChI=1S/C11H10Cl2S2/c1-2-7-3-4-8(14-7)11(13)9-5-6-10(12)15-9/h3-6,11H,2H2,1H3. The van der Waals surface area contributed by atoms with Crippen LogP contribution in [0.4, 0.5) is 0 Å². The van der Waals surface area contributed by atoms with E-state index < -0.39 is 0 Å². The molecule has 0 saturated carbocycles. The lowest BCUT2D eigenvalue weighted by atomic mass is 10.3. The van der Waals surface area contributed by atoms with Crippen molar-refractivity contribution in [3.05, 3.63) is 43.2 Å². The number of halogens is 2. The zero-order chi connectivity index (χ0) is 10.8. The topological polar surface area (TPSA) is 0 Å². The molecule has 80 valence electrons. The second kappa shape index (κ2) is 4.88. The molecule has 0 aliphatic rings. The fraction of sp³-hybridized carbons (Fsp3) is 0.273. The van der Waals surface area contributed by atoms with E-state index in [1.165, 1.54) is 9.75 Å². The summed E-state index contributed by atoms with van der Waals surface area (Å²) in [6, 6.07) is 8.14. The molecule has 2 aromatic heterocycles. The van der Waals surface area contributed by atoms with Crippen LogP contribution in [0.2, 0.25) is 4.34 Å². The first kappa shape index (κ1) is 11.5. The zero-order valence-electron chi connectivity index (χ0n) is 8.17. The van der Waals surface area contributed by atoms with Gasteiger partial charge in [0.2, 0.25) is 0 Å². The molecule has 1 unspecified atom stereocenters. The summed E-state index contributed by atoms with van der Waals surface area (Å²) < 4.78 is 0.794. The fourth-order valence-electron chi connectivity index (χ4n) is 1.33. The summed E-state index contributed by atoms with van der Waals surface area (Å²) in [5.41, 5.74) is 0. The van der Waals surface area contributed by atoms with E-state index in [1.807, 2.05) is 12.1 Å². The number of rotatable bonds is 3. The van der Waals surface area contributed by atoms with Gasteiger partial charge in [-0.3, -0.25) is 0 Å². The van der Waals surface area contributed by atoms with Gasteiger partial charge in [-0.15, -0.1) is 34.3 Å². The lowest BCUT2D eigenvalue weighted by Gasteiger charge is -2.02. The van der Waals surface area contributed by atoms with Crippen LogP contribution in [0.3, 0.4) is 0 Å². The van der Waals surface area contributed by atoms with Crippen LogP contribution in [0.5, 0.6) is 0 Å². The number of hydrogen-bond donors (Lipinski definition) is 0. The molecule has 4 heteroatoms. The van der Waals surface area contributed by atoms with Crippen LogP contribution >= 0.6 is 45.9 Å². The van der Waals surface area contributed by atoms with E-state index in [0.717, 1.165) is 15.6 Å². The molecule has 0 radical (unpaired) electrons. The van der Waals surface area contributed by atoms with E-state index in [2.05, 4.69) is 19.1 Å². The van der Waals surface area contributed by atoms with Gasteiger partial charge >= 0.3 is 0 Å². The van der Waals surface area contributed by atoms with Crippen LogP contribution < -0.4 is 0 Å². The molecule has 0 aromatic carbocycles. The molecule has 0 saturated heterocycles. The van der Waals surface area contributed by atoms with Crippen molar-refractivity contribution in [1.82, 2.24) is 0 Å².